The van der Waals surface area contributed by atoms with Crippen LogP contribution in [0.4, 0.5) is 0 Å². The van der Waals surface area contributed by atoms with Gasteiger partial charge in [-0.3, -0.25) is 9.69 Å². The molecule has 0 N–H and O–H groups in total. The summed E-state index contributed by atoms with van der Waals surface area (Å²) in [5, 5.41) is 0. The second-order valence-electron chi connectivity index (χ2n) is 6.71. The van der Waals surface area contributed by atoms with Gasteiger partial charge in [0.2, 0.25) is 5.91 Å². The molecule has 2 rings (SSSR count). The minimum absolute atomic E-state index is 0.0508. The largest absolute Gasteiger partial charge is 0.372 e. The molecule has 0 aromatic carbocycles. The van der Waals surface area contributed by atoms with Gasteiger partial charge in [0.25, 0.3) is 0 Å². The van der Waals surface area contributed by atoms with Crippen LogP contribution in [0.15, 0.2) is 0 Å². The van der Waals surface area contributed by atoms with Gasteiger partial charge < -0.3 is 14.5 Å². The highest BCUT2D eigenvalue weighted by Crippen LogP contribution is 2.13. The first kappa shape index (κ1) is 16.7. The first-order chi connectivity index (χ1) is 9.97. The zero-order valence-electron chi connectivity index (χ0n) is 14.0. The molecule has 2 fully saturated rings. The summed E-state index contributed by atoms with van der Waals surface area (Å²) >= 11 is 0. The summed E-state index contributed by atoms with van der Waals surface area (Å²) < 4.78 is 5.71. The fourth-order valence-electron chi connectivity index (χ4n) is 3.31. The van der Waals surface area contributed by atoms with E-state index in [1.165, 1.54) is 25.9 Å². The van der Waals surface area contributed by atoms with Crippen LogP contribution in [0.3, 0.4) is 0 Å². The van der Waals surface area contributed by atoms with Gasteiger partial charge in [-0.25, -0.2) is 0 Å². The summed E-state index contributed by atoms with van der Waals surface area (Å²) in [5.41, 5.74) is 0. The van der Waals surface area contributed by atoms with E-state index < -0.39 is 0 Å². The Kier molecular flexibility index (Phi) is 6.02. The first-order valence-electron chi connectivity index (χ1n) is 8.34. The maximum absolute atomic E-state index is 12.6. The number of hydrogen-bond donors (Lipinski definition) is 0. The van der Waals surface area contributed by atoms with Crippen LogP contribution >= 0.6 is 0 Å². The number of carbonyl (C=O) groups is 1. The number of nitrogens with zero attached hydrogens (tertiary/aromatic N) is 3. The van der Waals surface area contributed by atoms with Gasteiger partial charge in [0.1, 0.15) is 0 Å². The average Bonchev–Trinajstić information content (AvgIpc) is 2.95. The van der Waals surface area contributed by atoms with Crippen LogP contribution in [-0.2, 0) is 9.53 Å². The number of morpholine rings is 1. The number of carbonyl (C=O) groups excluding carboxylic acids is 1. The molecule has 0 bridgehead atoms. The topological polar surface area (TPSA) is 36.0 Å². The number of hydrogen-bond acceptors (Lipinski definition) is 4. The van der Waals surface area contributed by atoms with Crippen LogP contribution in [0.1, 0.15) is 33.6 Å². The summed E-state index contributed by atoms with van der Waals surface area (Å²) in [6.45, 7) is 12.0. The molecule has 0 aliphatic carbocycles. The van der Waals surface area contributed by atoms with Crippen molar-refractivity contribution >= 4 is 5.91 Å². The molecule has 3 atom stereocenters. The highest BCUT2D eigenvalue weighted by molar-refractivity contribution is 5.81. The van der Waals surface area contributed by atoms with Gasteiger partial charge >= 0.3 is 0 Å². The zero-order chi connectivity index (χ0) is 15.4. The Balaban J connectivity index is 1.79. The number of rotatable bonds is 5. The Labute approximate surface area is 129 Å². The number of ether oxygens (including phenoxy) is 1. The van der Waals surface area contributed by atoms with Gasteiger partial charge in [-0.2, -0.15) is 0 Å². The first-order valence-corrected chi connectivity index (χ1v) is 8.34. The van der Waals surface area contributed by atoms with Crippen molar-refractivity contribution < 1.29 is 9.53 Å². The van der Waals surface area contributed by atoms with E-state index >= 15 is 0 Å². The predicted molar refractivity (Wildman–Crippen MR) is 84.4 cm³/mol. The Morgan fingerprint density at radius 3 is 2.38 bits per heavy atom. The third kappa shape index (κ3) is 4.66. The van der Waals surface area contributed by atoms with E-state index in [0.29, 0.717) is 13.1 Å². The summed E-state index contributed by atoms with van der Waals surface area (Å²) in [7, 11) is 2.06. The maximum Gasteiger partial charge on any atom is 0.239 e. The van der Waals surface area contributed by atoms with Gasteiger partial charge in [-0.15, -0.1) is 0 Å². The van der Waals surface area contributed by atoms with Crippen molar-refractivity contribution in [1.29, 1.82) is 0 Å². The smallest absolute Gasteiger partial charge is 0.239 e. The fourth-order valence-corrected chi connectivity index (χ4v) is 3.31. The predicted octanol–water partition coefficient (Wildman–Crippen LogP) is 1.04. The molecule has 1 amide bonds. The summed E-state index contributed by atoms with van der Waals surface area (Å²) in [5.74, 6) is 0.237. The van der Waals surface area contributed by atoms with Crippen LogP contribution < -0.4 is 0 Å². The van der Waals surface area contributed by atoms with Gasteiger partial charge in [-0.05, 0) is 53.8 Å². The van der Waals surface area contributed by atoms with Crippen LogP contribution in [0.5, 0.6) is 0 Å². The number of likely N-dealkylation sites (N-methyl/N-ethyl adjacent to an activating group) is 1. The van der Waals surface area contributed by atoms with Crippen molar-refractivity contribution in [2.24, 2.45) is 0 Å². The number of likely N-dealkylation sites (tertiary alicyclic amines) is 1. The van der Waals surface area contributed by atoms with Crippen molar-refractivity contribution in [2.75, 3.05) is 46.3 Å². The van der Waals surface area contributed by atoms with Gasteiger partial charge in [0.05, 0.1) is 18.2 Å². The lowest BCUT2D eigenvalue weighted by molar-refractivity contribution is -0.147. The molecule has 0 saturated carbocycles. The van der Waals surface area contributed by atoms with Crippen LogP contribution in [0.25, 0.3) is 0 Å². The molecule has 0 spiro atoms. The molecular weight excluding hydrogens is 266 g/mol. The quantitative estimate of drug-likeness (QED) is 0.760. The van der Waals surface area contributed by atoms with Crippen molar-refractivity contribution in [2.45, 2.75) is 51.9 Å². The van der Waals surface area contributed by atoms with Gasteiger partial charge in [0, 0.05) is 26.2 Å². The Morgan fingerprint density at radius 1 is 1.24 bits per heavy atom. The van der Waals surface area contributed by atoms with E-state index in [1.54, 1.807) is 0 Å². The van der Waals surface area contributed by atoms with Crippen molar-refractivity contribution in [3.8, 4) is 0 Å². The van der Waals surface area contributed by atoms with Crippen molar-refractivity contribution in [3.05, 3.63) is 0 Å². The van der Waals surface area contributed by atoms with Gasteiger partial charge in [0.15, 0.2) is 0 Å². The Bertz CT molecular complexity index is 334. The lowest BCUT2D eigenvalue weighted by Crippen LogP contribution is -2.54. The van der Waals surface area contributed by atoms with E-state index in [0.717, 1.165) is 13.1 Å². The lowest BCUT2D eigenvalue weighted by atomic mass is 10.2. The second kappa shape index (κ2) is 7.56. The summed E-state index contributed by atoms with van der Waals surface area (Å²) in [6.07, 6.45) is 2.92. The fraction of sp³-hybridized carbons (Fsp3) is 0.938. The van der Waals surface area contributed by atoms with Crippen LogP contribution in [-0.4, -0.2) is 85.2 Å². The number of amides is 1. The van der Waals surface area contributed by atoms with Crippen molar-refractivity contribution in [3.63, 3.8) is 0 Å². The lowest BCUT2D eigenvalue weighted by Gasteiger charge is -2.38. The third-order valence-corrected chi connectivity index (χ3v) is 4.72. The molecular formula is C16H31N3O2. The minimum Gasteiger partial charge on any atom is -0.372 e. The molecule has 5 nitrogen and oxygen atoms in total. The Morgan fingerprint density at radius 2 is 1.81 bits per heavy atom. The highest BCUT2D eigenvalue weighted by atomic mass is 16.5. The van der Waals surface area contributed by atoms with E-state index in [1.807, 2.05) is 25.7 Å². The molecule has 5 heteroatoms. The monoisotopic (exact) mass is 297 g/mol. The van der Waals surface area contributed by atoms with Crippen LogP contribution in [0.2, 0.25) is 0 Å². The molecule has 122 valence electrons. The van der Waals surface area contributed by atoms with E-state index in [9.17, 15) is 4.79 Å². The van der Waals surface area contributed by atoms with E-state index in [-0.39, 0.29) is 24.2 Å². The van der Waals surface area contributed by atoms with Crippen molar-refractivity contribution in [1.82, 2.24) is 14.7 Å². The normalized spacial score (nSPS) is 29.1. The molecule has 0 radical (unpaired) electrons. The molecule has 2 saturated heterocycles. The molecule has 0 aromatic heterocycles. The zero-order valence-corrected chi connectivity index (χ0v) is 14.0. The Hall–Kier alpha value is -0.650. The van der Waals surface area contributed by atoms with Crippen LogP contribution in [0, 0.1) is 0 Å². The molecule has 2 aliphatic rings. The standard InChI is InChI=1S/C16H31N3O2/c1-13-11-19(12-14(2)21-13)16(20)15(3)17(4)9-10-18-7-5-6-8-18/h13-15H,5-12H2,1-4H3/t13-,14-,15-/m1/s1. The molecule has 2 aliphatic heterocycles. The summed E-state index contributed by atoms with van der Waals surface area (Å²) in [4.78, 5) is 19.3. The third-order valence-electron chi connectivity index (χ3n) is 4.72. The molecule has 2 heterocycles. The van der Waals surface area contributed by atoms with E-state index in [2.05, 4.69) is 16.8 Å². The van der Waals surface area contributed by atoms with E-state index in [4.69, 9.17) is 4.74 Å². The highest BCUT2D eigenvalue weighted by Gasteiger charge is 2.30. The molecule has 0 aromatic rings. The average molecular weight is 297 g/mol. The summed E-state index contributed by atoms with van der Waals surface area (Å²) in [6, 6.07) is -0.0508. The molecule has 21 heavy (non-hydrogen) atoms. The SMILES string of the molecule is C[C@@H]1CN(C(=O)[C@@H](C)N(C)CCN2CCCC2)C[C@@H](C)O1. The van der Waals surface area contributed by atoms with Gasteiger partial charge in [-0.1, -0.05) is 0 Å². The second-order valence-corrected chi connectivity index (χ2v) is 6.71. The maximum atomic E-state index is 12.6. The molecule has 0 unspecified atom stereocenters. The minimum atomic E-state index is -0.0508.